The van der Waals surface area contributed by atoms with Gasteiger partial charge in [0, 0.05) is 0 Å². The zero-order valence-corrected chi connectivity index (χ0v) is 11.3. The van der Waals surface area contributed by atoms with Crippen LogP contribution in [0, 0.1) is 0 Å². The molecule has 0 bridgehead atoms. The van der Waals surface area contributed by atoms with E-state index in [-0.39, 0.29) is 0 Å². The SMILES string of the molecule is CCC(O)C(C)(C)OOC(C)(C)C(O)CC. The van der Waals surface area contributed by atoms with Gasteiger partial charge in [0.15, 0.2) is 0 Å². The van der Waals surface area contributed by atoms with Crippen LogP contribution in [0.1, 0.15) is 54.4 Å². The Kier molecular flexibility index (Phi) is 5.90. The first-order valence-electron chi connectivity index (χ1n) is 5.90. The van der Waals surface area contributed by atoms with Gasteiger partial charge in [-0.05, 0) is 40.5 Å². The second-order valence-corrected chi connectivity index (χ2v) is 5.22. The summed E-state index contributed by atoms with van der Waals surface area (Å²) in [6, 6.07) is 0. The van der Waals surface area contributed by atoms with Crippen LogP contribution in [0.3, 0.4) is 0 Å². The van der Waals surface area contributed by atoms with Crippen molar-refractivity contribution in [2.75, 3.05) is 0 Å². The summed E-state index contributed by atoms with van der Waals surface area (Å²) in [5.74, 6) is 0. The molecule has 0 amide bonds. The standard InChI is InChI=1S/C12H26O4/c1-7-9(13)11(3,4)15-16-12(5,6)10(14)8-2/h9-10,13-14H,7-8H2,1-6H3. The lowest BCUT2D eigenvalue weighted by Gasteiger charge is -2.35. The fraction of sp³-hybridized carbons (Fsp3) is 1.00. The van der Waals surface area contributed by atoms with Crippen LogP contribution in [-0.2, 0) is 9.78 Å². The zero-order valence-electron chi connectivity index (χ0n) is 11.3. The highest BCUT2D eigenvalue weighted by atomic mass is 17.2. The van der Waals surface area contributed by atoms with Gasteiger partial charge in [-0.3, -0.25) is 0 Å². The fourth-order valence-electron chi connectivity index (χ4n) is 1.31. The van der Waals surface area contributed by atoms with Crippen LogP contribution >= 0.6 is 0 Å². The van der Waals surface area contributed by atoms with E-state index in [0.29, 0.717) is 12.8 Å². The molecule has 16 heavy (non-hydrogen) atoms. The van der Waals surface area contributed by atoms with Gasteiger partial charge < -0.3 is 10.2 Å². The molecular weight excluding hydrogens is 208 g/mol. The highest BCUT2D eigenvalue weighted by molar-refractivity contribution is 4.79. The van der Waals surface area contributed by atoms with E-state index in [1.807, 2.05) is 13.8 Å². The highest BCUT2D eigenvalue weighted by Crippen LogP contribution is 2.24. The molecule has 0 rings (SSSR count). The third-order valence-electron chi connectivity index (χ3n) is 2.85. The van der Waals surface area contributed by atoms with Crippen molar-refractivity contribution in [2.24, 2.45) is 0 Å². The Bertz CT molecular complexity index is 179. The van der Waals surface area contributed by atoms with Crippen molar-refractivity contribution in [3.8, 4) is 0 Å². The summed E-state index contributed by atoms with van der Waals surface area (Å²) in [5.41, 5.74) is -1.56. The maximum atomic E-state index is 9.71. The number of aliphatic hydroxyl groups excluding tert-OH is 2. The van der Waals surface area contributed by atoms with Gasteiger partial charge in [0.25, 0.3) is 0 Å². The van der Waals surface area contributed by atoms with Crippen LogP contribution in [0.15, 0.2) is 0 Å². The van der Waals surface area contributed by atoms with Crippen LogP contribution < -0.4 is 0 Å². The molecule has 0 saturated heterocycles. The molecule has 4 nitrogen and oxygen atoms in total. The van der Waals surface area contributed by atoms with Crippen molar-refractivity contribution < 1.29 is 20.0 Å². The Morgan fingerprint density at radius 2 is 1.06 bits per heavy atom. The lowest BCUT2D eigenvalue weighted by atomic mass is 9.99. The largest absolute Gasteiger partial charge is 0.390 e. The number of rotatable bonds is 7. The number of aliphatic hydroxyl groups is 2. The van der Waals surface area contributed by atoms with Crippen molar-refractivity contribution >= 4 is 0 Å². The van der Waals surface area contributed by atoms with Gasteiger partial charge >= 0.3 is 0 Å². The van der Waals surface area contributed by atoms with E-state index in [4.69, 9.17) is 9.78 Å². The Balaban J connectivity index is 4.33. The Morgan fingerprint density at radius 1 is 0.812 bits per heavy atom. The second kappa shape index (κ2) is 5.96. The molecule has 0 aliphatic carbocycles. The summed E-state index contributed by atoms with van der Waals surface area (Å²) in [7, 11) is 0. The third kappa shape index (κ3) is 4.37. The lowest BCUT2D eigenvalue weighted by molar-refractivity contribution is -0.423. The molecule has 0 radical (unpaired) electrons. The van der Waals surface area contributed by atoms with E-state index in [2.05, 4.69) is 0 Å². The van der Waals surface area contributed by atoms with E-state index >= 15 is 0 Å². The molecule has 0 aromatic rings. The van der Waals surface area contributed by atoms with Gasteiger partial charge in [0.2, 0.25) is 0 Å². The average molecular weight is 234 g/mol. The molecule has 0 heterocycles. The molecule has 0 fully saturated rings. The molecule has 0 spiro atoms. The minimum Gasteiger partial charge on any atom is -0.390 e. The average Bonchev–Trinajstić information content (AvgIpc) is 2.24. The van der Waals surface area contributed by atoms with Gasteiger partial charge in [-0.25, -0.2) is 9.78 Å². The monoisotopic (exact) mass is 234 g/mol. The van der Waals surface area contributed by atoms with Crippen molar-refractivity contribution in [3.63, 3.8) is 0 Å². The molecule has 98 valence electrons. The number of hydrogen-bond acceptors (Lipinski definition) is 4. The highest BCUT2D eigenvalue weighted by Gasteiger charge is 2.35. The fourth-order valence-corrected chi connectivity index (χ4v) is 1.31. The van der Waals surface area contributed by atoms with Gasteiger partial charge in [-0.1, -0.05) is 13.8 Å². The quantitative estimate of drug-likeness (QED) is 0.523. The molecule has 4 heteroatoms. The molecule has 0 aromatic carbocycles. The van der Waals surface area contributed by atoms with Crippen LogP contribution in [0.2, 0.25) is 0 Å². The minimum atomic E-state index is -0.778. The van der Waals surface area contributed by atoms with Gasteiger partial charge in [0.05, 0.1) is 12.2 Å². The summed E-state index contributed by atoms with van der Waals surface area (Å²) in [5, 5.41) is 19.4. The van der Waals surface area contributed by atoms with E-state index in [0.717, 1.165) is 0 Å². The topological polar surface area (TPSA) is 58.9 Å². The van der Waals surface area contributed by atoms with E-state index in [1.54, 1.807) is 27.7 Å². The minimum absolute atomic E-state index is 0.590. The van der Waals surface area contributed by atoms with Gasteiger partial charge in [-0.15, -0.1) is 0 Å². The first kappa shape index (κ1) is 15.8. The third-order valence-corrected chi connectivity index (χ3v) is 2.85. The van der Waals surface area contributed by atoms with Crippen molar-refractivity contribution in [2.45, 2.75) is 77.8 Å². The van der Waals surface area contributed by atoms with Crippen molar-refractivity contribution in [1.29, 1.82) is 0 Å². The maximum absolute atomic E-state index is 9.71. The molecule has 0 aliphatic rings. The van der Waals surface area contributed by atoms with Gasteiger partial charge in [0.1, 0.15) is 11.2 Å². The molecule has 2 unspecified atom stereocenters. The van der Waals surface area contributed by atoms with Gasteiger partial charge in [-0.2, -0.15) is 0 Å². The summed E-state index contributed by atoms with van der Waals surface area (Å²) < 4.78 is 0. The predicted molar refractivity (Wildman–Crippen MR) is 62.9 cm³/mol. The molecule has 0 aromatic heterocycles. The predicted octanol–water partition coefficient (Wildman–Crippen LogP) is 2.03. The lowest BCUT2D eigenvalue weighted by Crippen LogP contribution is -2.45. The summed E-state index contributed by atoms with van der Waals surface area (Å²) >= 11 is 0. The van der Waals surface area contributed by atoms with Crippen molar-refractivity contribution in [3.05, 3.63) is 0 Å². The Labute approximate surface area is 98.5 Å². The first-order valence-corrected chi connectivity index (χ1v) is 5.90. The Morgan fingerprint density at radius 3 is 1.25 bits per heavy atom. The zero-order chi connectivity index (χ0) is 13.0. The van der Waals surface area contributed by atoms with Crippen molar-refractivity contribution in [1.82, 2.24) is 0 Å². The van der Waals surface area contributed by atoms with Crippen LogP contribution in [-0.4, -0.2) is 33.6 Å². The van der Waals surface area contributed by atoms with Crippen LogP contribution in [0.25, 0.3) is 0 Å². The smallest absolute Gasteiger partial charge is 0.124 e. The van der Waals surface area contributed by atoms with E-state index in [1.165, 1.54) is 0 Å². The summed E-state index contributed by atoms with van der Waals surface area (Å²) in [6.45, 7) is 10.8. The molecule has 2 atom stereocenters. The van der Waals surface area contributed by atoms with E-state index in [9.17, 15) is 10.2 Å². The number of hydrogen-bond donors (Lipinski definition) is 2. The maximum Gasteiger partial charge on any atom is 0.124 e. The van der Waals surface area contributed by atoms with E-state index < -0.39 is 23.4 Å². The summed E-state index contributed by atoms with van der Waals surface area (Å²) in [6.07, 6.45) is -0.00982. The van der Waals surface area contributed by atoms with Crippen LogP contribution in [0.5, 0.6) is 0 Å². The molecule has 2 N–H and O–H groups in total. The second-order valence-electron chi connectivity index (χ2n) is 5.22. The molecular formula is C12H26O4. The molecule has 0 saturated carbocycles. The summed E-state index contributed by atoms with van der Waals surface area (Å²) in [4.78, 5) is 10.5. The van der Waals surface area contributed by atoms with Crippen LogP contribution in [0.4, 0.5) is 0 Å². The first-order chi connectivity index (χ1) is 7.17. The normalized spacial score (nSPS) is 17.2. The molecule has 0 aliphatic heterocycles. The Hall–Kier alpha value is -0.160.